The van der Waals surface area contributed by atoms with Crippen molar-refractivity contribution in [2.75, 3.05) is 26.2 Å². The molecule has 1 aliphatic heterocycles. The van der Waals surface area contributed by atoms with Gasteiger partial charge in [0.1, 0.15) is 0 Å². The Morgan fingerprint density at radius 3 is 2.09 bits per heavy atom. The summed E-state index contributed by atoms with van der Waals surface area (Å²) in [5.41, 5.74) is 1.20. The number of rotatable bonds is 6. The van der Waals surface area contributed by atoms with E-state index in [1.807, 2.05) is 28.0 Å². The Kier molecular flexibility index (Phi) is 6.63. The molecule has 4 heteroatoms. The van der Waals surface area contributed by atoms with Crippen molar-refractivity contribution >= 4 is 11.8 Å². The van der Waals surface area contributed by atoms with Crippen molar-refractivity contribution in [1.82, 2.24) is 9.80 Å². The van der Waals surface area contributed by atoms with Crippen molar-refractivity contribution in [3.8, 4) is 0 Å². The van der Waals surface area contributed by atoms with E-state index in [4.69, 9.17) is 0 Å². The third kappa shape index (κ3) is 4.81. The first-order valence-corrected chi connectivity index (χ1v) is 8.76. The fourth-order valence-corrected chi connectivity index (χ4v) is 3.13. The van der Waals surface area contributed by atoms with Gasteiger partial charge in [-0.15, -0.1) is 0 Å². The Morgan fingerprint density at radius 1 is 0.957 bits per heavy atom. The maximum atomic E-state index is 12.4. The summed E-state index contributed by atoms with van der Waals surface area (Å²) < 4.78 is 0. The van der Waals surface area contributed by atoms with E-state index < -0.39 is 0 Å². The highest BCUT2D eigenvalue weighted by atomic mass is 16.2. The number of carbonyl (C=O) groups excluding carboxylic acids is 2. The van der Waals surface area contributed by atoms with Gasteiger partial charge in [0.2, 0.25) is 11.8 Å². The van der Waals surface area contributed by atoms with Crippen LogP contribution in [-0.2, 0) is 16.0 Å². The minimum atomic E-state index is 0.135. The third-order valence-electron chi connectivity index (χ3n) is 4.75. The first-order chi connectivity index (χ1) is 11.2. The SMILES string of the molecule is CCC(CC)C(=O)N1CCN(C(=O)CCc2ccccc2)CC1. The third-order valence-corrected chi connectivity index (χ3v) is 4.75. The molecular weight excluding hydrogens is 288 g/mol. The maximum Gasteiger partial charge on any atom is 0.225 e. The van der Waals surface area contributed by atoms with E-state index in [2.05, 4.69) is 26.0 Å². The van der Waals surface area contributed by atoms with Crippen LogP contribution in [0.5, 0.6) is 0 Å². The monoisotopic (exact) mass is 316 g/mol. The Bertz CT molecular complexity index is 503. The molecule has 0 spiro atoms. The number of aryl methyl sites for hydroxylation is 1. The highest BCUT2D eigenvalue weighted by molar-refractivity contribution is 5.80. The molecule has 1 saturated heterocycles. The van der Waals surface area contributed by atoms with E-state index in [0.717, 1.165) is 19.3 Å². The molecule has 2 rings (SSSR count). The van der Waals surface area contributed by atoms with Gasteiger partial charge in [-0.05, 0) is 24.8 Å². The summed E-state index contributed by atoms with van der Waals surface area (Å²) in [5, 5.41) is 0. The number of hydrogen-bond acceptors (Lipinski definition) is 2. The first kappa shape index (κ1) is 17.5. The molecule has 2 amide bonds. The average molecular weight is 316 g/mol. The van der Waals surface area contributed by atoms with E-state index >= 15 is 0 Å². The standard InChI is InChI=1S/C19H28N2O2/c1-3-17(4-2)19(23)21-14-12-20(13-15-21)18(22)11-10-16-8-6-5-7-9-16/h5-9,17H,3-4,10-15H2,1-2H3. The fourth-order valence-electron chi connectivity index (χ4n) is 3.13. The molecule has 0 saturated carbocycles. The largest absolute Gasteiger partial charge is 0.339 e. The molecule has 1 fully saturated rings. The fraction of sp³-hybridized carbons (Fsp3) is 0.579. The molecule has 126 valence electrons. The van der Waals surface area contributed by atoms with Gasteiger partial charge in [0.25, 0.3) is 0 Å². The van der Waals surface area contributed by atoms with Gasteiger partial charge in [0.05, 0.1) is 0 Å². The van der Waals surface area contributed by atoms with Crippen LogP contribution in [0.2, 0.25) is 0 Å². The summed E-state index contributed by atoms with van der Waals surface area (Å²) in [7, 11) is 0. The van der Waals surface area contributed by atoms with Crippen LogP contribution in [0.3, 0.4) is 0 Å². The molecule has 0 atom stereocenters. The molecule has 0 unspecified atom stereocenters. The Balaban J connectivity index is 1.77. The van der Waals surface area contributed by atoms with Crippen molar-refractivity contribution in [1.29, 1.82) is 0 Å². The molecule has 1 heterocycles. The maximum absolute atomic E-state index is 12.4. The van der Waals surface area contributed by atoms with Gasteiger partial charge >= 0.3 is 0 Å². The zero-order valence-corrected chi connectivity index (χ0v) is 14.3. The highest BCUT2D eigenvalue weighted by Gasteiger charge is 2.27. The number of carbonyl (C=O) groups is 2. The number of amides is 2. The van der Waals surface area contributed by atoms with Crippen LogP contribution in [0.4, 0.5) is 0 Å². The van der Waals surface area contributed by atoms with Gasteiger partial charge in [-0.3, -0.25) is 9.59 Å². The summed E-state index contributed by atoms with van der Waals surface area (Å²) in [5.74, 6) is 0.588. The lowest BCUT2D eigenvalue weighted by Gasteiger charge is -2.36. The summed E-state index contributed by atoms with van der Waals surface area (Å²) in [4.78, 5) is 28.5. The zero-order chi connectivity index (χ0) is 16.7. The van der Waals surface area contributed by atoms with Crippen molar-refractivity contribution in [2.24, 2.45) is 5.92 Å². The van der Waals surface area contributed by atoms with E-state index in [1.165, 1.54) is 5.56 Å². The number of nitrogens with zero attached hydrogens (tertiary/aromatic N) is 2. The second-order valence-electron chi connectivity index (χ2n) is 6.21. The van der Waals surface area contributed by atoms with Crippen LogP contribution < -0.4 is 0 Å². The van der Waals surface area contributed by atoms with E-state index in [1.54, 1.807) is 0 Å². The predicted octanol–water partition coefficient (Wildman–Crippen LogP) is 2.73. The van der Waals surface area contributed by atoms with Crippen molar-refractivity contribution in [3.05, 3.63) is 35.9 Å². The van der Waals surface area contributed by atoms with E-state index in [-0.39, 0.29) is 17.7 Å². The van der Waals surface area contributed by atoms with Crippen LogP contribution in [0, 0.1) is 5.92 Å². The van der Waals surface area contributed by atoms with E-state index in [9.17, 15) is 9.59 Å². The minimum Gasteiger partial charge on any atom is -0.339 e. The lowest BCUT2D eigenvalue weighted by atomic mass is 10.0. The average Bonchev–Trinajstić information content (AvgIpc) is 2.61. The number of piperazine rings is 1. The minimum absolute atomic E-state index is 0.135. The van der Waals surface area contributed by atoms with Gasteiger partial charge in [-0.1, -0.05) is 44.2 Å². The summed E-state index contributed by atoms with van der Waals surface area (Å²) in [6, 6.07) is 10.1. The second-order valence-corrected chi connectivity index (χ2v) is 6.21. The normalized spacial score (nSPS) is 15.1. The molecule has 4 nitrogen and oxygen atoms in total. The molecule has 1 aliphatic rings. The topological polar surface area (TPSA) is 40.6 Å². The predicted molar refractivity (Wildman–Crippen MR) is 92.0 cm³/mol. The van der Waals surface area contributed by atoms with Crippen molar-refractivity contribution in [2.45, 2.75) is 39.5 Å². The van der Waals surface area contributed by atoms with Gasteiger partial charge in [-0.2, -0.15) is 0 Å². The zero-order valence-electron chi connectivity index (χ0n) is 14.3. The second kappa shape index (κ2) is 8.70. The number of benzene rings is 1. The van der Waals surface area contributed by atoms with Crippen LogP contribution in [0.15, 0.2) is 30.3 Å². The highest BCUT2D eigenvalue weighted by Crippen LogP contribution is 2.14. The lowest BCUT2D eigenvalue weighted by molar-refractivity contribution is -0.142. The summed E-state index contributed by atoms with van der Waals surface area (Å²) in [6.45, 7) is 6.81. The van der Waals surface area contributed by atoms with Crippen molar-refractivity contribution in [3.63, 3.8) is 0 Å². The van der Waals surface area contributed by atoms with Gasteiger partial charge < -0.3 is 9.80 Å². The summed E-state index contributed by atoms with van der Waals surface area (Å²) >= 11 is 0. The van der Waals surface area contributed by atoms with Crippen LogP contribution >= 0.6 is 0 Å². The molecule has 0 N–H and O–H groups in total. The van der Waals surface area contributed by atoms with Crippen LogP contribution in [0.1, 0.15) is 38.7 Å². The lowest BCUT2D eigenvalue weighted by Crippen LogP contribution is -2.51. The molecule has 0 aromatic heterocycles. The van der Waals surface area contributed by atoms with Gasteiger partial charge in [0, 0.05) is 38.5 Å². The molecule has 0 radical (unpaired) electrons. The molecule has 0 bridgehead atoms. The molecule has 0 aliphatic carbocycles. The van der Waals surface area contributed by atoms with Crippen LogP contribution in [0.25, 0.3) is 0 Å². The molecule has 1 aromatic rings. The van der Waals surface area contributed by atoms with Gasteiger partial charge in [0.15, 0.2) is 0 Å². The Hall–Kier alpha value is -1.84. The Labute approximate surface area is 139 Å². The number of hydrogen-bond donors (Lipinski definition) is 0. The van der Waals surface area contributed by atoms with Crippen LogP contribution in [-0.4, -0.2) is 47.8 Å². The Morgan fingerprint density at radius 2 is 1.52 bits per heavy atom. The summed E-state index contributed by atoms with van der Waals surface area (Å²) in [6.07, 6.45) is 3.12. The smallest absolute Gasteiger partial charge is 0.225 e. The molecular formula is C19H28N2O2. The van der Waals surface area contributed by atoms with Crippen molar-refractivity contribution < 1.29 is 9.59 Å². The molecule has 1 aromatic carbocycles. The first-order valence-electron chi connectivity index (χ1n) is 8.76. The molecule has 23 heavy (non-hydrogen) atoms. The van der Waals surface area contributed by atoms with E-state index in [0.29, 0.717) is 32.6 Å². The quantitative estimate of drug-likeness (QED) is 0.809. The van der Waals surface area contributed by atoms with Gasteiger partial charge in [-0.25, -0.2) is 0 Å².